The minimum atomic E-state index is -0.188. The van der Waals surface area contributed by atoms with Gasteiger partial charge in [0, 0.05) is 13.5 Å². The standard InChI is InChI=1S/C8H17N3O2/c1-10-8(13)6-11-7(12)4-2-3-5-9/h2-6,9H2,1H3,(H,10,13)(H,11,12). The van der Waals surface area contributed by atoms with E-state index in [0.29, 0.717) is 13.0 Å². The van der Waals surface area contributed by atoms with Crippen LogP contribution in [0, 0.1) is 0 Å². The Bertz CT molecular complexity index is 171. The first kappa shape index (κ1) is 11.9. The Morgan fingerprint density at radius 1 is 1.23 bits per heavy atom. The molecule has 0 bridgehead atoms. The summed E-state index contributed by atoms with van der Waals surface area (Å²) in [5, 5.41) is 4.91. The lowest BCUT2D eigenvalue weighted by molar-refractivity contribution is -0.125. The average Bonchev–Trinajstić information content (AvgIpc) is 2.14. The van der Waals surface area contributed by atoms with E-state index in [0.717, 1.165) is 12.8 Å². The van der Waals surface area contributed by atoms with E-state index in [1.165, 1.54) is 7.05 Å². The van der Waals surface area contributed by atoms with Crippen LogP contribution in [-0.4, -0.2) is 32.0 Å². The molecule has 0 aliphatic carbocycles. The van der Waals surface area contributed by atoms with Crippen molar-refractivity contribution in [3.05, 3.63) is 0 Å². The van der Waals surface area contributed by atoms with Crippen molar-refractivity contribution in [1.29, 1.82) is 0 Å². The molecule has 2 amide bonds. The van der Waals surface area contributed by atoms with Gasteiger partial charge in [0.25, 0.3) is 0 Å². The molecule has 0 saturated heterocycles. The molecule has 0 spiro atoms. The Labute approximate surface area is 78.1 Å². The van der Waals surface area contributed by atoms with Crippen LogP contribution >= 0.6 is 0 Å². The Hall–Kier alpha value is -1.10. The van der Waals surface area contributed by atoms with Crippen molar-refractivity contribution in [2.45, 2.75) is 19.3 Å². The largest absolute Gasteiger partial charge is 0.358 e. The molecule has 0 heterocycles. The van der Waals surface area contributed by atoms with Crippen LogP contribution in [0.1, 0.15) is 19.3 Å². The van der Waals surface area contributed by atoms with E-state index in [1.807, 2.05) is 0 Å². The molecule has 0 aromatic carbocycles. The molecule has 4 N–H and O–H groups in total. The van der Waals surface area contributed by atoms with Gasteiger partial charge in [0.2, 0.25) is 11.8 Å². The van der Waals surface area contributed by atoms with E-state index < -0.39 is 0 Å². The maximum atomic E-state index is 11.0. The summed E-state index contributed by atoms with van der Waals surface area (Å²) < 4.78 is 0. The summed E-state index contributed by atoms with van der Waals surface area (Å²) >= 11 is 0. The number of amides is 2. The summed E-state index contributed by atoms with van der Waals surface area (Å²) in [7, 11) is 1.53. The Kier molecular flexibility index (Phi) is 6.91. The normalized spacial score (nSPS) is 9.38. The lowest BCUT2D eigenvalue weighted by Gasteiger charge is -2.03. The zero-order chi connectivity index (χ0) is 10.1. The summed E-state index contributed by atoms with van der Waals surface area (Å²) in [6.07, 6.45) is 2.05. The smallest absolute Gasteiger partial charge is 0.239 e. The van der Waals surface area contributed by atoms with Crippen molar-refractivity contribution in [2.75, 3.05) is 20.1 Å². The lowest BCUT2D eigenvalue weighted by Crippen LogP contribution is -2.35. The SMILES string of the molecule is CNC(=O)CNC(=O)CCCCN. The molecule has 0 aromatic rings. The number of unbranched alkanes of at least 4 members (excludes halogenated alkanes) is 1. The monoisotopic (exact) mass is 187 g/mol. The molecule has 0 unspecified atom stereocenters. The van der Waals surface area contributed by atoms with Crippen molar-refractivity contribution in [3.63, 3.8) is 0 Å². The predicted octanol–water partition coefficient (Wildman–Crippen LogP) is -1.02. The van der Waals surface area contributed by atoms with E-state index >= 15 is 0 Å². The van der Waals surface area contributed by atoms with Gasteiger partial charge in [-0.05, 0) is 19.4 Å². The van der Waals surface area contributed by atoms with E-state index in [-0.39, 0.29) is 18.4 Å². The van der Waals surface area contributed by atoms with Crippen molar-refractivity contribution in [2.24, 2.45) is 5.73 Å². The number of nitrogens with two attached hydrogens (primary N) is 1. The van der Waals surface area contributed by atoms with E-state index in [1.54, 1.807) is 0 Å². The van der Waals surface area contributed by atoms with Crippen LogP contribution in [-0.2, 0) is 9.59 Å². The number of nitrogens with one attached hydrogen (secondary N) is 2. The molecule has 0 fully saturated rings. The zero-order valence-corrected chi connectivity index (χ0v) is 7.93. The van der Waals surface area contributed by atoms with Gasteiger partial charge >= 0.3 is 0 Å². The van der Waals surface area contributed by atoms with Crippen LogP contribution in [0.25, 0.3) is 0 Å². The fourth-order valence-corrected chi connectivity index (χ4v) is 0.786. The Morgan fingerprint density at radius 3 is 2.46 bits per heavy atom. The summed E-state index contributed by atoms with van der Waals surface area (Å²) in [5.41, 5.74) is 5.26. The highest BCUT2D eigenvalue weighted by atomic mass is 16.2. The minimum absolute atomic E-state index is 0.0535. The molecular weight excluding hydrogens is 170 g/mol. The molecule has 13 heavy (non-hydrogen) atoms. The fraction of sp³-hybridized carbons (Fsp3) is 0.750. The highest BCUT2D eigenvalue weighted by Gasteiger charge is 2.02. The van der Waals surface area contributed by atoms with Gasteiger partial charge in [0.15, 0.2) is 0 Å². The lowest BCUT2D eigenvalue weighted by atomic mass is 10.2. The van der Waals surface area contributed by atoms with Gasteiger partial charge in [0.1, 0.15) is 0 Å². The second-order valence-corrected chi connectivity index (χ2v) is 2.70. The van der Waals surface area contributed by atoms with Crippen molar-refractivity contribution in [1.82, 2.24) is 10.6 Å². The average molecular weight is 187 g/mol. The Balaban J connectivity index is 3.35. The second-order valence-electron chi connectivity index (χ2n) is 2.70. The highest BCUT2D eigenvalue weighted by Crippen LogP contribution is 1.92. The summed E-state index contributed by atoms with van der Waals surface area (Å²) in [4.78, 5) is 21.7. The molecule has 5 heteroatoms. The van der Waals surface area contributed by atoms with Gasteiger partial charge in [0.05, 0.1) is 6.54 Å². The van der Waals surface area contributed by atoms with Crippen LogP contribution in [0.4, 0.5) is 0 Å². The minimum Gasteiger partial charge on any atom is -0.358 e. The first-order chi connectivity index (χ1) is 6.20. The Morgan fingerprint density at radius 2 is 1.92 bits per heavy atom. The molecule has 5 nitrogen and oxygen atoms in total. The number of hydrogen-bond donors (Lipinski definition) is 3. The molecule has 76 valence electrons. The number of likely N-dealkylation sites (N-methyl/N-ethyl adjacent to an activating group) is 1. The first-order valence-electron chi connectivity index (χ1n) is 4.38. The summed E-state index contributed by atoms with van der Waals surface area (Å²) in [6, 6.07) is 0. The highest BCUT2D eigenvalue weighted by molar-refractivity contribution is 5.84. The van der Waals surface area contributed by atoms with Gasteiger partial charge < -0.3 is 16.4 Å². The molecule has 0 aromatic heterocycles. The third-order valence-electron chi connectivity index (χ3n) is 1.58. The topological polar surface area (TPSA) is 84.2 Å². The van der Waals surface area contributed by atoms with Gasteiger partial charge in [-0.15, -0.1) is 0 Å². The molecular formula is C8H17N3O2. The van der Waals surface area contributed by atoms with Gasteiger partial charge in [-0.2, -0.15) is 0 Å². The molecule has 0 radical (unpaired) electrons. The number of carbonyl (C=O) groups is 2. The van der Waals surface area contributed by atoms with Crippen LogP contribution in [0.5, 0.6) is 0 Å². The molecule has 0 atom stereocenters. The van der Waals surface area contributed by atoms with Crippen LogP contribution in [0.15, 0.2) is 0 Å². The summed E-state index contributed by atoms with van der Waals surface area (Å²) in [6.45, 7) is 0.653. The second kappa shape index (κ2) is 7.54. The van der Waals surface area contributed by atoms with Crippen molar-refractivity contribution >= 4 is 11.8 Å². The predicted molar refractivity (Wildman–Crippen MR) is 50.0 cm³/mol. The molecule has 0 aliphatic heterocycles. The zero-order valence-electron chi connectivity index (χ0n) is 7.93. The van der Waals surface area contributed by atoms with Gasteiger partial charge in [-0.1, -0.05) is 0 Å². The van der Waals surface area contributed by atoms with Crippen LogP contribution < -0.4 is 16.4 Å². The fourth-order valence-electron chi connectivity index (χ4n) is 0.786. The van der Waals surface area contributed by atoms with Gasteiger partial charge in [-0.25, -0.2) is 0 Å². The molecule has 0 rings (SSSR count). The van der Waals surface area contributed by atoms with E-state index in [9.17, 15) is 9.59 Å². The molecule has 0 aliphatic rings. The number of rotatable bonds is 6. The van der Waals surface area contributed by atoms with Crippen LogP contribution in [0.2, 0.25) is 0 Å². The number of hydrogen-bond acceptors (Lipinski definition) is 3. The number of carbonyl (C=O) groups excluding carboxylic acids is 2. The summed E-state index contributed by atoms with van der Waals surface area (Å²) in [5.74, 6) is -0.288. The van der Waals surface area contributed by atoms with Gasteiger partial charge in [-0.3, -0.25) is 9.59 Å². The van der Waals surface area contributed by atoms with Crippen molar-refractivity contribution in [3.8, 4) is 0 Å². The maximum Gasteiger partial charge on any atom is 0.239 e. The van der Waals surface area contributed by atoms with E-state index in [4.69, 9.17) is 5.73 Å². The van der Waals surface area contributed by atoms with Crippen LogP contribution in [0.3, 0.4) is 0 Å². The molecule has 0 saturated carbocycles. The maximum absolute atomic E-state index is 11.0. The quantitative estimate of drug-likeness (QED) is 0.465. The first-order valence-corrected chi connectivity index (χ1v) is 4.38. The third kappa shape index (κ3) is 7.27. The third-order valence-corrected chi connectivity index (χ3v) is 1.58. The van der Waals surface area contributed by atoms with E-state index in [2.05, 4.69) is 10.6 Å². The van der Waals surface area contributed by atoms with Crippen molar-refractivity contribution < 1.29 is 9.59 Å².